The van der Waals surface area contributed by atoms with Crippen LogP contribution in [0.25, 0.3) is 0 Å². The highest BCUT2D eigenvalue weighted by Crippen LogP contribution is 2.19. The lowest BCUT2D eigenvalue weighted by atomic mass is 10.0. The second-order valence-electron chi connectivity index (χ2n) is 3.67. The van der Waals surface area contributed by atoms with E-state index in [1.165, 1.54) is 0 Å². The van der Waals surface area contributed by atoms with Gasteiger partial charge in [-0.05, 0) is 35.4 Å². The molecular weight excluding hydrogens is 202 g/mol. The molecule has 0 aliphatic heterocycles. The van der Waals surface area contributed by atoms with Crippen molar-refractivity contribution in [1.82, 2.24) is 4.98 Å². The Morgan fingerprint density at radius 1 is 1.12 bits per heavy atom. The number of phenolic OH excluding ortho intramolecular Hbond substituents is 1. The fourth-order valence-electron chi connectivity index (χ4n) is 1.61. The maximum Gasteiger partial charge on any atom is 0.115 e. The molecule has 0 amide bonds. The largest absolute Gasteiger partial charge is 0.508 e. The third-order valence-electron chi connectivity index (χ3n) is 2.43. The van der Waals surface area contributed by atoms with Gasteiger partial charge in [0, 0.05) is 18.8 Å². The number of hydrogen-bond donors (Lipinski definition) is 2. The van der Waals surface area contributed by atoms with Gasteiger partial charge in [-0.15, -0.1) is 0 Å². The van der Waals surface area contributed by atoms with Crippen molar-refractivity contribution in [3.63, 3.8) is 0 Å². The number of aromatic hydroxyl groups is 1. The van der Waals surface area contributed by atoms with E-state index in [0.717, 1.165) is 11.1 Å². The van der Waals surface area contributed by atoms with Crippen molar-refractivity contribution < 1.29 is 10.2 Å². The minimum absolute atomic E-state index is 0.222. The molecule has 0 fully saturated rings. The van der Waals surface area contributed by atoms with Crippen molar-refractivity contribution >= 4 is 0 Å². The highest BCUT2D eigenvalue weighted by atomic mass is 16.3. The Morgan fingerprint density at radius 3 is 2.56 bits per heavy atom. The lowest BCUT2D eigenvalue weighted by Gasteiger charge is -2.10. The number of rotatable bonds is 3. The summed E-state index contributed by atoms with van der Waals surface area (Å²) in [4.78, 5) is 3.90. The van der Waals surface area contributed by atoms with Crippen molar-refractivity contribution in [3.05, 3.63) is 59.9 Å². The van der Waals surface area contributed by atoms with Crippen LogP contribution in [0.5, 0.6) is 5.75 Å². The molecule has 0 spiro atoms. The highest BCUT2D eigenvalue weighted by molar-refractivity contribution is 5.28. The van der Waals surface area contributed by atoms with Gasteiger partial charge in [0.15, 0.2) is 0 Å². The smallest absolute Gasteiger partial charge is 0.115 e. The van der Waals surface area contributed by atoms with Crippen LogP contribution in [0.2, 0.25) is 0 Å². The normalized spacial score (nSPS) is 12.3. The molecule has 0 bridgehead atoms. The van der Waals surface area contributed by atoms with Crippen LogP contribution in [0.4, 0.5) is 0 Å². The molecule has 82 valence electrons. The van der Waals surface area contributed by atoms with Gasteiger partial charge in [-0.3, -0.25) is 4.98 Å². The standard InChI is InChI=1S/C13H13NO2/c15-12-3-1-2-10(8-12)9-13(16)11-4-6-14-7-5-11/h1-8,13,15-16H,9H2. The molecule has 3 nitrogen and oxygen atoms in total. The zero-order chi connectivity index (χ0) is 11.4. The first kappa shape index (κ1) is 10.6. The second-order valence-corrected chi connectivity index (χ2v) is 3.67. The van der Waals surface area contributed by atoms with Crippen LogP contribution in [-0.2, 0) is 6.42 Å². The van der Waals surface area contributed by atoms with Gasteiger partial charge in [-0.25, -0.2) is 0 Å². The number of pyridine rings is 1. The monoisotopic (exact) mass is 215 g/mol. The summed E-state index contributed by atoms with van der Waals surface area (Å²) >= 11 is 0. The Balaban J connectivity index is 2.11. The average molecular weight is 215 g/mol. The number of phenols is 1. The Kier molecular flexibility index (Phi) is 3.17. The van der Waals surface area contributed by atoms with E-state index in [0.29, 0.717) is 6.42 Å². The van der Waals surface area contributed by atoms with E-state index in [1.807, 2.05) is 6.07 Å². The molecule has 0 saturated heterocycles. The summed E-state index contributed by atoms with van der Waals surface area (Å²) in [5, 5.41) is 19.3. The van der Waals surface area contributed by atoms with Crippen molar-refractivity contribution in [2.75, 3.05) is 0 Å². The topological polar surface area (TPSA) is 53.4 Å². The number of hydrogen-bond acceptors (Lipinski definition) is 3. The van der Waals surface area contributed by atoms with E-state index in [-0.39, 0.29) is 5.75 Å². The van der Waals surface area contributed by atoms with Gasteiger partial charge in [-0.1, -0.05) is 12.1 Å². The summed E-state index contributed by atoms with van der Waals surface area (Å²) in [6.45, 7) is 0. The number of aliphatic hydroxyl groups excluding tert-OH is 1. The molecule has 0 radical (unpaired) electrons. The summed E-state index contributed by atoms with van der Waals surface area (Å²) < 4.78 is 0. The maximum atomic E-state index is 9.96. The van der Waals surface area contributed by atoms with Crippen LogP contribution in [0, 0.1) is 0 Å². The number of benzene rings is 1. The van der Waals surface area contributed by atoms with E-state index >= 15 is 0 Å². The molecule has 0 aliphatic carbocycles. The zero-order valence-electron chi connectivity index (χ0n) is 8.74. The Hall–Kier alpha value is -1.87. The minimum atomic E-state index is -0.565. The maximum absolute atomic E-state index is 9.96. The minimum Gasteiger partial charge on any atom is -0.508 e. The van der Waals surface area contributed by atoms with E-state index in [2.05, 4.69) is 4.98 Å². The molecule has 1 unspecified atom stereocenters. The predicted molar refractivity (Wildman–Crippen MR) is 61.0 cm³/mol. The van der Waals surface area contributed by atoms with Gasteiger partial charge in [0.1, 0.15) is 5.75 Å². The number of nitrogens with zero attached hydrogens (tertiary/aromatic N) is 1. The van der Waals surface area contributed by atoms with E-state index in [1.54, 1.807) is 42.7 Å². The highest BCUT2D eigenvalue weighted by Gasteiger charge is 2.08. The van der Waals surface area contributed by atoms with Crippen LogP contribution in [0.1, 0.15) is 17.2 Å². The Bertz CT molecular complexity index is 456. The number of aromatic nitrogens is 1. The van der Waals surface area contributed by atoms with Crippen LogP contribution in [0.15, 0.2) is 48.8 Å². The lowest BCUT2D eigenvalue weighted by Crippen LogP contribution is -2.01. The molecule has 2 N–H and O–H groups in total. The summed E-state index contributed by atoms with van der Waals surface area (Å²) in [5.41, 5.74) is 1.74. The van der Waals surface area contributed by atoms with E-state index < -0.39 is 6.10 Å². The summed E-state index contributed by atoms with van der Waals surface area (Å²) in [7, 11) is 0. The molecule has 1 aromatic carbocycles. The third kappa shape index (κ3) is 2.58. The molecule has 1 heterocycles. The van der Waals surface area contributed by atoms with Gasteiger partial charge in [0.05, 0.1) is 6.10 Å². The van der Waals surface area contributed by atoms with Gasteiger partial charge >= 0.3 is 0 Å². The molecule has 16 heavy (non-hydrogen) atoms. The molecule has 2 aromatic rings. The fourth-order valence-corrected chi connectivity index (χ4v) is 1.61. The predicted octanol–water partition coefficient (Wildman–Crippen LogP) is 2.06. The number of aliphatic hydroxyl groups is 1. The molecule has 1 aromatic heterocycles. The molecule has 1 atom stereocenters. The second kappa shape index (κ2) is 4.77. The van der Waals surface area contributed by atoms with Crippen molar-refractivity contribution in [2.24, 2.45) is 0 Å². The molecule has 0 aliphatic rings. The van der Waals surface area contributed by atoms with E-state index in [9.17, 15) is 10.2 Å². The van der Waals surface area contributed by atoms with Crippen molar-refractivity contribution in [1.29, 1.82) is 0 Å². The van der Waals surface area contributed by atoms with E-state index in [4.69, 9.17) is 0 Å². The van der Waals surface area contributed by atoms with Crippen LogP contribution >= 0.6 is 0 Å². The van der Waals surface area contributed by atoms with Crippen LogP contribution < -0.4 is 0 Å². The third-order valence-corrected chi connectivity index (χ3v) is 2.43. The van der Waals surface area contributed by atoms with Gasteiger partial charge in [0.25, 0.3) is 0 Å². The first-order valence-corrected chi connectivity index (χ1v) is 5.11. The quantitative estimate of drug-likeness (QED) is 0.824. The van der Waals surface area contributed by atoms with Gasteiger partial charge < -0.3 is 10.2 Å². The molecule has 2 rings (SSSR count). The molecular formula is C13H13NO2. The lowest BCUT2D eigenvalue weighted by molar-refractivity contribution is 0.178. The average Bonchev–Trinajstić information content (AvgIpc) is 2.30. The molecule has 0 saturated carbocycles. The van der Waals surface area contributed by atoms with Gasteiger partial charge in [0.2, 0.25) is 0 Å². The van der Waals surface area contributed by atoms with Gasteiger partial charge in [-0.2, -0.15) is 0 Å². The SMILES string of the molecule is Oc1cccc(CC(O)c2ccncc2)c1. The first-order chi connectivity index (χ1) is 7.75. The van der Waals surface area contributed by atoms with Crippen LogP contribution in [0.3, 0.4) is 0 Å². The van der Waals surface area contributed by atoms with Crippen LogP contribution in [-0.4, -0.2) is 15.2 Å². The first-order valence-electron chi connectivity index (χ1n) is 5.11. The Morgan fingerprint density at radius 2 is 1.88 bits per heavy atom. The Labute approximate surface area is 94.0 Å². The van der Waals surface area contributed by atoms with Crippen molar-refractivity contribution in [2.45, 2.75) is 12.5 Å². The molecule has 3 heteroatoms. The zero-order valence-corrected chi connectivity index (χ0v) is 8.74. The summed E-state index contributed by atoms with van der Waals surface area (Å²) in [6, 6.07) is 10.5. The fraction of sp³-hybridized carbons (Fsp3) is 0.154. The summed E-state index contributed by atoms with van der Waals surface area (Å²) in [5.74, 6) is 0.222. The van der Waals surface area contributed by atoms with Crippen molar-refractivity contribution in [3.8, 4) is 5.75 Å². The summed E-state index contributed by atoms with van der Waals surface area (Å²) in [6.07, 6.45) is 3.23.